The summed E-state index contributed by atoms with van der Waals surface area (Å²) in [5.41, 5.74) is 3.67. The maximum atomic E-state index is 12.8. The second-order valence-corrected chi connectivity index (χ2v) is 8.12. The molecule has 29 heavy (non-hydrogen) atoms. The van der Waals surface area contributed by atoms with E-state index in [0.717, 1.165) is 50.6 Å². The molecule has 0 radical (unpaired) electrons. The number of likely N-dealkylation sites (N-methyl/N-ethyl adjacent to an activating group) is 1. The molecule has 0 atom stereocenters. The molecule has 6 nitrogen and oxygen atoms in total. The second kappa shape index (κ2) is 9.27. The molecule has 3 heterocycles. The van der Waals surface area contributed by atoms with Crippen molar-refractivity contribution in [3.05, 3.63) is 48.3 Å². The van der Waals surface area contributed by atoms with Crippen molar-refractivity contribution in [3.63, 3.8) is 0 Å². The third kappa shape index (κ3) is 5.07. The molecule has 2 saturated heterocycles. The molecule has 0 spiro atoms. The van der Waals surface area contributed by atoms with Crippen molar-refractivity contribution >= 4 is 23.0 Å². The highest BCUT2D eigenvalue weighted by Gasteiger charge is 2.15. The molecule has 1 aromatic carbocycles. The van der Waals surface area contributed by atoms with Crippen LogP contribution in [-0.2, 0) is 0 Å². The summed E-state index contributed by atoms with van der Waals surface area (Å²) in [5, 5.41) is 3.01. The van der Waals surface area contributed by atoms with Crippen LogP contribution in [0.2, 0.25) is 0 Å². The summed E-state index contributed by atoms with van der Waals surface area (Å²) < 4.78 is 0. The van der Waals surface area contributed by atoms with Crippen LogP contribution >= 0.6 is 0 Å². The Morgan fingerprint density at radius 1 is 0.828 bits per heavy atom. The van der Waals surface area contributed by atoms with E-state index < -0.39 is 0 Å². The first-order valence-corrected chi connectivity index (χ1v) is 10.7. The molecule has 2 aliphatic heterocycles. The average Bonchev–Trinajstić information content (AvgIpc) is 3.05. The summed E-state index contributed by atoms with van der Waals surface area (Å²) in [6, 6.07) is 10.1. The summed E-state index contributed by atoms with van der Waals surface area (Å²) in [6.45, 7) is 6.33. The van der Waals surface area contributed by atoms with Crippen LogP contribution in [0.3, 0.4) is 0 Å². The van der Waals surface area contributed by atoms with E-state index in [1.807, 2.05) is 24.4 Å². The molecule has 2 aliphatic rings. The number of hydrogen-bond acceptors (Lipinski definition) is 5. The van der Waals surface area contributed by atoms with Crippen molar-refractivity contribution in [1.29, 1.82) is 0 Å². The number of carbonyl (C=O) groups excluding carboxylic acids is 1. The number of benzene rings is 1. The van der Waals surface area contributed by atoms with Crippen molar-refractivity contribution in [2.24, 2.45) is 0 Å². The molecule has 1 N–H and O–H groups in total. The van der Waals surface area contributed by atoms with Crippen molar-refractivity contribution in [1.82, 2.24) is 9.88 Å². The largest absolute Gasteiger partial charge is 0.370 e. The van der Waals surface area contributed by atoms with Gasteiger partial charge in [-0.2, -0.15) is 0 Å². The number of nitrogens with one attached hydrogen (secondary N) is 1. The van der Waals surface area contributed by atoms with Gasteiger partial charge >= 0.3 is 0 Å². The minimum absolute atomic E-state index is 0.110. The molecular formula is C23H31N5O. The first kappa shape index (κ1) is 19.7. The number of aromatic nitrogens is 1. The third-order valence-corrected chi connectivity index (χ3v) is 5.95. The van der Waals surface area contributed by atoms with Gasteiger partial charge < -0.3 is 20.0 Å². The fourth-order valence-electron chi connectivity index (χ4n) is 4.08. The Bertz CT molecular complexity index is 806. The number of carbonyl (C=O) groups is 1. The maximum Gasteiger partial charge on any atom is 0.257 e. The summed E-state index contributed by atoms with van der Waals surface area (Å²) in [7, 11) is 2.16. The summed E-state index contributed by atoms with van der Waals surface area (Å²) in [5.74, 6) is -0.110. The molecule has 1 amide bonds. The lowest BCUT2D eigenvalue weighted by atomic mass is 10.2. The first-order chi connectivity index (χ1) is 14.2. The monoisotopic (exact) mass is 393 g/mol. The van der Waals surface area contributed by atoms with Gasteiger partial charge in [-0.3, -0.25) is 9.78 Å². The number of nitrogens with zero attached hydrogens (tertiary/aromatic N) is 4. The van der Waals surface area contributed by atoms with Crippen molar-refractivity contribution in [2.45, 2.75) is 25.7 Å². The Morgan fingerprint density at radius 3 is 2.17 bits per heavy atom. The van der Waals surface area contributed by atoms with E-state index in [1.54, 1.807) is 6.20 Å². The second-order valence-electron chi connectivity index (χ2n) is 8.12. The van der Waals surface area contributed by atoms with E-state index in [-0.39, 0.29) is 5.91 Å². The molecular weight excluding hydrogens is 362 g/mol. The van der Waals surface area contributed by atoms with Gasteiger partial charge in [0.15, 0.2) is 0 Å². The average molecular weight is 394 g/mol. The zero-order valence-corrected chi connectivity index (χ0v) is 17.3. The van der Waals surface area contributed by atoms with E-state index in [1.165, 1.54) is 31.4 Å². The van der Waals surface area contributed by atoms with Gasteiger partial charge in [-0.15, -0.1) is 0 Å². The fourth-order valence-corrected chi connectivity index (χ4v) is 4.08. The van der Waals surface area contributed by atoms with Gasteiger partial charge in [0.25, 0.3) is 5.91 Å². The number of anilines is 3. The molecule has 2 fully saturated rings. The van der Waals surface area contributed by atoms with Gasteiger partial charge in [0.2, 0.25) is 0 Å². The van der Waals surface area contributed by atoms with Gasteiger partial charge in [-0.25, -0.2) is 0 Å². The van der Waals surface area contributed by atoms with Gasteiger partial charge in [-0.1, -0.05) is 12.8 Å². The number of amides is 1. The Balaban J connectivity index is 1.39. The van der Waals surface area contributed by atoms with Gasteiger partial charge in [0.1, 0.15) is 0 Å². The first-order valence-electron chi connectivity index (χ1n) is 10.7. The van der Waals surface area contributed by atoms with Crippen LogP contribution in [0.15, 0.2) is 42.7 Å². The van der Waals surface area contributed by atoms with Crippen molar-refractivity contribution < 1.29 is 4.79 Å². The van der Waals surface area contributed by atoms with Gasteiger partial charge in [-0.05, 0) is 50.2 Å². The fraction of sp³-hybridized carbons (Fsp3) is 0.478. The molecule has 4 rings (SSSR count). The third-order valence-electron chi connectivity index (χ3n) is 5.95. The number of pyridine rings is 1. The lowest BCUT2D eigenvalue weighted by Gasteiger charge is -2.34. The van der Waals surface area contributed by atoms with Gasteiger partial charge in [0, 0.05) is 56.8 Å². The predicted molar refractivity (Wildman–Crippen MR) is 119 cm³/mol. The smallest absolute Gasteiger partial charge is 0.257 e. The molecule has 1 aromatic heterocycles. The Hall–Kier alpha value is -2.60. The Morgan fingerprint density at radius 2 is 1.48 bits per heavy atom. The molecule has 0 aliphatic carbocycles. The highest BCUT2D eigenvalue weighted by atomic mass is 16.1. The molecule has 0 unspecified atom stereocenters. The number of hydrogen-bond donors (Lipinski definition) is 1. The highest BCUT2D eigenvalue weighted by Crippen LogP contribution is 2.22. The lowest BCUT2D eigenvalue weighted by Crippen LogP contribution is -2.44. The van der Waals surface area contributed by atoms with E-state index in [9.17, 15) is 4.79 Å². The van der Waals surface area contributed by atoms with Gasteiger partial charge in [0.05, 0.1) is 17.4 Å². The predicted octanol–water partition coefficient (Wildman–Crippen LogP) is 3.47. The zero-order chi connectivity index (χ0) is 20.1. The van der Waals surface area contributed by atoms with Crippen LogP contribution in [0.5, 0.6) is 0 Å². The molecule has 154 valence electrons. The van der Waals surface area contributed by atoms with Crippen LogP contribution in [0, 0.1) is 0 Å². The Kier molecular flexibility index (Phi) is 6.30. The molecule has 2 aromatic rings. The minimum atomic E-state index is -0.110. The number of piperazine rings is 1. The van der Waals surface area contributed by atoms with Crippen LogP contribution in [0.25, 0.3) is 0 Å². The number of rotatable bonds is 4. The molecule has 6 heteroatoms. The molecule has 0 saturated carbocycles. The topological polar surface area (TPSA) is 51.7 Å². The van der Waals surface area contributed by atoms with Crippen LogP contribution in [0.1, 0.15) is 36.0 Å². The summed E-state index contributed by atoms with van der Waals surface area (Å²) in [6.07, 6.45) is 8.50. The minimum Gasteiger partial charge on any atom is -0.370 e. The summed E-state index contributed by atoms with van der Waals surface area (Å²) >= 11 is 0. The lowest BCUT2D eigenvalue weighted by molar-refractivity contribution is 0.102. The standard InChI is InChI=1S/C23H31N5O/c1-26-12-14-28(15-13-26)21-8-6-20(7-9-21)25-23(29)19-16-22(18-24-17-19)27-10-4-2-3-5-11-27/h6-9,16-18H,2-5,10-15H2,1H3,(H,25,29). The van der Waals surface area contributed by atoms with E-state index in [0.29, 0.717) is 5.56 Å². The quantitative estimate of drug-likeness (QED) is 0.862. The molecule has 0 bridgehead atoms. The Labute approximate surface area is 173 Å². The van der Waals surface area contributed by atoms with E-state index in [4.69, 9.17) is 0 Å². The maximum absolute atomic E-state index is 12.8. The summed E-state index contributed by atoms with van der Waals surface area (Å²) in [4.78, 5) is 24.2. The zero-order valence-electron chi connectivity index (χ0n) is 17.3. The van der Waals surface area contributed by atoms with Crippen molar-refractivity contribution in [2.75, 3.05) is 61.4 Å². The van der Waals surface area contributed by atoms with Crippen LogP contribution in [-0.4, -0.2) is 62.1 Å². The normalized spacial score (nSPS) is 18.4. The SMILES string of the molecule is CN1CCN(c2ccc(NC(=O)c3cncc(N4CCCCCC4)c3)cc2)CC1. The van der Waals surface area contributed by atoms with Crippen LogP contribution < -0.4 is 15.1 Å². The van der Waals surface area contributed by atoms with Crippen molar-refractivity contribution in [3.8, 4) is 0 Å². The highest BCUT2D eigenvalue weighted by molar-refractivity contribution is 6.04. The van der Waals surface area contributed by atoms with Crippen LogP contribution in [0.4, 0.5) is 17.1 Å². The van der Waals surface area contributed by atoms with E-state index in [2.05, 4.69) is 44.2 Å². The van der Waals surface area contributed by atoms with E-state index >= 15 is 0 Å².